The van der Waals surface area contributed by atoms with Crippen LogP contribution in [0.15, 0.2) is 48.5 Å². The molecule has 1 heterocycles. The molecule has 3 rings (SSSR count). The van der Waals surface area contributed by atoms with Crippen LogP contribution in [0, 0.1) is 13.8 Å². The Morgan fingerprint density at radius 2 is 1.81 bits per heavy atom. The molecule has 1 N–H and O–H groups in total. The minimum absolute atomic E-state index is 0.0631. The van der Waals surface area contributed by atoms with Crippen LogP contribution in [-0.2, 0) is 14.9 Å². The number of hydrogen-bond donors (Lipinski definition) is 1. The van der Waals surface area contributed by atoms with E-state index in [2.05, 4.69) is 25.2 Å². The smallest absolute Gasteiger partial charge is 0.231 e. The number of carbonyl (C=O) groups is 1. The summed E-state index contributed by atoms with van der Waals surface area (Å²) in [6.45, 7) is 7.79. The Balaban J connectivity index is 1.65. The summed E-state index contributed by atoms with van der Waals surface area (Å²) in [7, 11) is 0. The molecule has 1 atom stereocenters. The molecule has 4 heteroatoms. The Kier molecular flexibility index (Phi) is 6.17. The van der Waals surface area contributed by atoms with Gasteiger partial charge in [0.2, 0.25) is 5.91 Å². The topological polar surface area (TPSA) is 47.6 Å². The molecule has 27 heavy (non-hydrogen) atoms. The largest absolute Gasteiger partial charge is 0.491 e. The number of benzene rings is 2. The number of rotatable bonds is 6. The first kappa shape index (κ1) is 19.4. The summed E-state index contributed by atoms with van der Waals surface area (Å²) in [6.07, 6.45) is 1.40. The summed E-state index contributed by atoms with van der Waals surface area (Å²) in [5.74, 6) is 0.899. The van der Waals surface area contributed by atoms with Gasteiger partial charge in [0.1, 0.15) is 12.4 Å². The van der Waals surface area contributed by atoms with Gasteiger partial charge in [-0.2, -0.15) is 0 Å². The van der Waals surface area contributed by atoms with Crippen LogP contribution in [0.2, 0.25) is 0 Å². The summed E-state index contributed by atoms with van der Waals surface area (Å²) in [6, 6.07) is 16.0. The molecule has 0 radical (unpaired) electrons. The van der Waals surface area contributed by atoms with Gasteiger partial charge in [-0.3, -0.25) is 4.79 Å². The molecule has 0 spiro atoms. The molecule has 144 valence electrons. The Morgan fingerprint density at radius 1 is 1.11 bits per heavy atom. The number of nitrogens with one attached hydrogen (secondary N) is 1. The van der Waals surface area contributed by atoms with E-state index in [0.717, 1.165) is 11.3 Å². The number of hydrogen-bond acceptors (Lipinski definition) is 3. The summed E-state index contributed by atoms with van der Waals surface area (Å²) in [5.41, 5.74) is 2.99. The van der Waals surface area contributed by atoms with Crippen molar-refractivity contribution < 1.29 is 14.3 Å². The van der Waals surface area contributed by atoms with Gasteiger partial charge in [-0.15, -0.1) is 0 Å². The van der Waals surface area contributed by atoms with Gasteiger partial charge in [0.05, 0.1) is 11.5 Å². The zero-order chi connectivity index (χ0) is 19.3. The fourth-order valence-corrected chi connectivity index (χ4v) is 3.55. The normalized spacial score (nSPS) is 17.1. The lowest BCUT2D eigenvalue weighted by Crippen LogP contribution is -2.51. The summed E-state index contributed by atoms with van der Waals surface area (Å²) in [5, 5.41) is 3.17. The maximum Gasteiger partial charge on any atom is 0.231 e. The second kappa shape index (κ2) is 8.57. The fraction of sp³-hybridized carbons (Fsp3) is 0.435. The summed E-state index contributed by atoms with van der Waals surface area (Å²) >= 11 is 0. The molecular weight excluding hydrogens is 338 g/mol. The lowest BCUT2D eigenvalue weighted by atomic mass is 9.73. The molecule has 0 aliphatic carbocycles. The van der Waals surface area contributed by atoms with Crippen LogP contribution in [0.3, 0.4) is 0 Å². The van der Waals surface area contributed by atoms with Gasteiger partial charge in [0.15, 0.2) is 0 Å². The van der Waals surface area contributed by atoms with E-state index in [1.54, 1.807) is 0 Å². The van der Waals surface area contributed by atoms with E-state index in [0.29, 0.717) is 32.7 Å². The number of aryl methyl sites for hydroxylation is 2. The molecule has 1 aliphatic heterocycles. The van der Waals surface area contributed by atoms with Crippen LogP contribution in [-0.4, -0.2) is 31.8 Å². The first-order chi connectivity index (χ1) is 13.0. The zero-order valence-electron chi connectivity index (χ0n) is 16.5. The minimum atomic E-state index is -0.520. The molecule has 0 aromatic heterocycles. The van der Waals surface area contributed by atoms with Gasteiger partial charge in [0, 0.05) is 13.2 Å². The van der Waals surface area contributed by atoms with Gasteiger partial charge >= 0.3 is 0 Å². The SMILES string of the molecule is Cc1ccc(OC[C@@H](C)NC(=O)C2(c3ccccc3)CCOCC2)cc1C. The van der Waals surface area contributed by atoms with E-state index < -0.39 is 5.41 Å². The van der Waals surface area contributed by atoms with Gasteiger partial charge < -0.3 is 14.8 Å². The second-order valence-electron chi connectivity index (χ2n) is 7.49. The first-order valence-corrected chi connectivity index (χ1v) is 9.65. The highest BCUT2D eigenvalue weighted by atomic mass is 16.5. The monoisotopic (exact) mass is 367 g/mol. The Hall–Kier alpha value is -2.33. The van der Waals surface area contributed by atoms with E-state index in [1.165, 1.54) is 11.1 Å². The molecule has 1 aliphatic rings. The predicted octanol–water partition coefficient (Wildman–Crippen LogP) is 3.94. The highest BCUT2D eigenvalue weighted by Gasteiger charge is 2.41. The van der Waals surface area contributed by atoms with Crippen molar-refractivity contribution in [3.8, 4) is 5.75 Å². The van der Waals surface area contributed by atoms with E-state index in [-0.39, 0.29) is 11.9 Å². The predicted molar refractivity (Wildman–Crippen MR) is 107 cm³/mol. The molecule has 0 bridgehead atoms. The van der Waals surface area contributed by atoms with Crippen LogP contribution in [0.5, 0.6) is 5.75 Å². The van der Waals surface area contributed by atoms with Crippen LogP contribution < -0.4 is 10.1 Å². The molecular formula is C23H29NO3. The molecule has 0 unspecified atom stereocenters. The van der Waals surface area contributed by atoms with E-state index in [4.69, 9.17) is 9.47 Å². The van der Waals surface area contributed by atoms with Crippen LogP contribution in [0.25, 0.3) is 0 Å². The molecule has 1 saturated heterocycles. The quantitative estimate of drug-likeness (QED) is 0.841. The minimum Gasteiger partial charge on any atom is -0.491 e. The summed E-state index contributed by atoms with van der Waals surface area (Å²) in [4.78, 5) is 13.2. The van der Waals surface area contributed by atoms with Crippen molar-refractivity contribution in [2.45, 2.75) is 45.1 Å². The van der Waals surface area contributed by atoms with Crippen molar-refractivity contribution in [1.29, 1.82) is 0 Å². The highest BCUT2D eigenvalue weighted by Crippen LogP contribution is 2.35. The number of ether oxygens (including phenoxy) is 2. The third-order valence-electron chi connectivity index (χ3n) is 5.46. The molecule has 1 fully saturated rings. The van der Waals surface area contributed by atoms with Crippen LogP contribution in [0.1, 0.15) is 36.5 Å². The third kappa shape index (κ3) is 4.51. The van der Waals surface area contributed by atoms with Gasteiger partial charge in [-0.25, -0.2) is 0 Å². The second-order valence-corrected chi connectivity index (χ2v) is 7.49. The van der Waals surface area contributed by atoms with Crippen molar-refractivity contribution >= 4 is 5.91 Å². The standard InChI is InChI=1S/C23H29NO3/c1-17-9-10-21(15-18(17)2)27-16-19(3)24-22(25)23(11-13-26-14-12-23)20-7-5-4-6-8-20/h4-10,15,19H,11-14,16H2,1-3H3,(H,24,25)/t19-/m1/s1. The highest BCUT2D eigenvalue weighted by molar-refractivity contribution is 5.88. The molecule has 4 nitrogen and oxygen atoms in total. The fourth-order valence-electron chi connectivity index (χ4n) is 3.55. The third-order valence-corrected chi connectivity index (χ3v) is 5.46. The van der Waals surface area contributed by atoms with Crippen molar-refractivity contribution in [3.05, 3.63) is 65.2 Å². The van der Waals surface area contributed by atoms with Crippen molar-refractivity contribution in [1.82, 2.24) is 5.32 Å². The molecule has 2 aromatic carbocycles. The molecule has 0 saturated carbocycles. The maximum absolute atomic E-state index is 13.2. The lowest BCUT2D eigenvalue weighted by Gasteiger charge is -2.37. The van der Waals surface area contributed by atoms with Gasteiger partial charge in [0.25, 0.3) is 0 Å². The Bertz CT molecular complexity index is 766. The zero-order valence-corrected chi connectivity index (χ0v) is 16.5. The Labute approximate surface area is 161 Å². The van der Waals surface area contributed by atoms with Gasteiger partial charge in [-0.05, 0) is 62.4 Å². The molecule has 1 amide bonds. The van der Waals surface area contributed by atoms with Crippen molar-refractivity contribution in [2.75, 3.05) is 19.8 Å². The average Bonchev–Trinajstić information content (AvgIpc) is 2.70. The van der Waals surface area contributed by atoms with Gasteiger partial charge in [-0.1, -0.05) is 36.4 Å². The van der Waals surface area contributed by atoms with Crippen LogP contribution >= 0.6 is 0 Å². The average molecular weight is 367 g/mol. The van der Waals surface area contributed by atoms with Crippen LogP contribution in [0.4, 0.5) is 0 Å². The maximum atomic E-state index is 13.2. The first-order valence-electron chi connectivity index (χ1n) is 9.65. The lowest BCUT2D eigenvalue weighted by molar-refractivity contribution is -0.131. The van der Waals surface area contributed by atoms with Crippen molar-refractivity contribution in [3.63, 3.8) is 0 Å². The number of amides is 1. The van der Waals surface area contributed by atoms with E-state index in [1.807, 2.05) is 49.4 Å². The molecule has 2 aromatic rings. The Morgan fingerprint density at radius 3 is 2.48 bits per heavy atom. The van der Waals surface area contributed by atoms with E-state index >= 15 is 0 Å². The van der Waals surface area contributed by atoms with E-state index in [9.17, 15) is 4.79 Å². The number of carbonyl (C=O) groups excluding carboxylic acids is 1. The summed E-state index contributed by atoms with van der Waals surface area (Å²) < 4.78 is 11.4. The van der Waals surface area contributed by atoms with Crippen molar-refractivity contribution in [2.24, 2.45) is 0 Å².